The van der Waals surface area contributed by atoms with Gasteiger partial charge in [-0.05, 0) is 6.92 Å². The first-order valence-electron chi connectivity index (χ1n) is 5.99. The Morgan fingerprint density at radius 2 is 2.11 bits per heavy atom. The number of hydrogen-bond donors (Lipinski definition) is 1. The van der Waals surface area contributed by atoms with Crippen molar-refractivity contribution in [3.63, 3.8) is 0 Å². The molecule has 1 aromatic rings. The van der Waals surface area contributed by atoms with Crippen LogP contribution in [0.2, 0.25) is 0 Å². The molecule has 0 spiro atoms. The van der Waals surface area contributed by atoms with Gasteiger partial charge >= 0.3 is 0 Å². The standard InChI is InChI=1S/C14H16N2O3/c1-10-12(16(2)8-15-10)13(18)14(19-9-17)11-6-4-3-5-7-11/h3-7,9,14-15H,8H2,1-2H3. The summed E-state index contributed by atoms with van der Waals surface area (Å²) in [6.07, 6.45) is -0.897. The van der Waals surface area contributed by atoms with Crippen molar-refractivity contribution in [1.29, 1.82) is 0 Å². The van der Waals surface area contributed by atoms with Gasteiger partial charge in [0.25, 0.3) is 6.47 Å². The zero-order valence-corrected chi connectivity index (χ0v) is 10.9. The largest absolute Gasteiger partial charge is 0.451 e. The van der Waals surface area contributed by atoms with Gasteiger partial charge in [0.1, 0.15) is 5.70 Å². The van der Waals surface area contributed by atoms with Gasteiger partial charge in [0.2, 0.25) is 5.78 Å². The average molecular weight is 260 g/mol. The second-order valence-electron chi connectivity index (χ2n) is 4.39. The van der Waals surface area contributed by atoms with E-state index < -0.39 is 6.10 Å². The zero-order chi connectivity index (χ0) is 13.8. The van der Waals surface area contributed by atoms with Gasteiger partial charge < -0.3 is 15.0 Å². The number of carbonyl (C=O) groups excluding carboxylic acids is 2. The van der Waals surface area contributed by atoms with E-state index in [2.05, 4.69) is 5.32 Å². The number of ketones is 1. The molecule has 1 unspecified atom stereocenters. The molecule has 1 N–H and O–H groups in total. The van der Waals surface area contributed by atoms with Crippen molar-refractivity contribution in [2.75, 3.05) is 13.7 Å². The van der Waals surface area contributed by atoms with Gasteiger partial charge in [-0.25, -0.2) is 0 Å². The predicted molar refractivity (Wildman–Crippen MR) is 69.8 cm³/mol. The normalized spacial score (nSPS) is 16.0. The van der Waals surface area contributed by atoms with E-state index in [0.717, 1.165) is 5.70 Å². The number of hydrogen-bond acceptors (Lipinski definition) is 5. The summed E-state index contributed by atoms with van der Waals surface area (Å²) in [5.74, 6) is -0.219. The Morgan fingerprint density at radius 3 is 2.63 bits per heavy atom. The van der Waals surface area contributed by atoms with Crippen LogP contribution in [0.1, 0.15) is 18.6 Å². The first-order valence-corrected chi connectivity index (χ1v) is 5.99. The lowest BCUT2D eigenvalue weighted by molar-refractivity contribution is -0.143. The SMILES string of the molecule is CC1=C(C(=O)C(OC=O)c2ccccc2)N(C)CN1. The molecule has 1 heterocycles. The Kier molecular flexibility index (Phi) is 3.85. The number of nitrogens with one attached hydrogen (secondary N) is 1. The molecule has 5 nitrogen and oxygen atoms in total. The predicted octanol–water partition coefficient (Wildman–Crippen LogP) is 1.19. The van der Waals surface area contributed by atoms with Crippen LogP contribution in [-0.2, 0) is 14.3 Å². The van der Waals surface area contributed by atoms with Crippen LogP contribution >= 0.6 is 0 Å². The number of likely N-dealkylation sites (N-methyl/N-ethyl adjacent to an activating group) is 1. The van der Waals surface area contributed by atoms with Crippen LogP contribution in [0, 0.1) is 0 Å². The summed E-state index contributed by atoms with van der Waals surface area (Å²) in [6.45, 7) is 2.73. The topological polar surface area (TPSA) is 58.6 Å². The molecule has 0 saturated carbocycles. The smallest absolute Gasteiger partial charge is 0.294 e. The highest BCUT2D eigenvalue weighted by atomic mass is 16.5. The third-order valence-corrected chi connectivity index (χ3v) is 3.08. The van der Waals surface area contributed by atoms with E-state index in [4.69, 9.17) is 4.74 Å². The Balaban J connectivity index is 2.33. The van der Waals surface area contributed by atoms with Crippen LogP contribution in [0.3, 0.4) is 0 Å². The van der Waals surface area contributed by atoms with Crippen molar-refractivity contribution in [2.45, 2.75) is 13.0 Å². The average Bonchev–Trinajstić information content (AvgIpc) is 2.76. The maximum absolute atomic E-state index is 12.5. The molecule has 0 fully saturated rings. The lowest BCUT2D eigenvalue weighted by Crippen LogP contribution is -2.26. The minimum Gasteiger partial charge on any atom is -0.451 e. The molecule has 0 aromatic heterocycles. The van der Waals surface area contributed by atoms with E-state index in [0.29, 0.717) is 24.4 Å². The number of allylic oxidation sites excluding steroid dienone is 1. The maximum atomic E-state index is 12.5. The molecule has 0 saturated heterocycles. The number of nitrogens with zero attached hydrogens (tertiary/aromatic N) is 1. The summed E-state index contributed by atoms with van der Waals surface area (Å²) in [7, 11) is 1.82. The molecule has 0 aliphatic carbocycles. The number of ether oxygens (including phenoxy) is 1. The van der Waals surface area contributed by atoms with E-state index >= 15 is 0 Å². The third kappa shape index (κ3) is 2.59. The Morgan fingerprint density at radius 1 is 1.42 bits per heavy atom. The van der Waals surface area contributed by atoms with Gasteiger partial charge in [0.15, 0.2) is 6.10 Å². The Bertz CT molecular complexity index is 511. The molecule has 0 bridgehead atoms. The molecule has 2 rings (SSSR count). The first kappa shape index (κ1) is 13.1. The summed E-state index contributed by atoms with van der Waals surface area (Å²) >= 11 is 0. The molecule has 1 aromatic carbocycles. The Labute approximate surface area is 111 Å². The fraction of sp³-hybridized carbons (Fsp3) is 0.286. The minimum atomic E-state index is -0.897. The third-order valence-electron chi connectivity index (χ3n) is 3.08. The van der Waals surface area contributed by atoms with Gasteiger partial charge in [-0.15, -0.1) is 0 Å². The quantitative estimate of drug-likeness (QED) is 0.806. The molecule has 19 heavy (non-hydrogen) atoms. The number of carbonyl (C=O) groups is 2. The summed E-state index contributed by atoms with van der Waals surface area (Å²) in [4.78, 5) is 25.0. The van der Waals surface area contributed by atoms with E-state index in [1.165, 1.54) is 0 Å². The minimum absolute atomic E-state index is 0.219. The maximum Gasteiger partial charge on any atom is 0.294 e. The van der Waals surface area contributed by atoms with E-state index in [1.54, 1.807) is 12.1 Å². The van der Waals surface area contributed by atoms with Crippen LogP contribution in [0.25, 0.3) is 0 Å². The summed E-state index contributed by atoms with van der Waals surface area (Å²) in [6, 6.07) is 9.00. The lowest BCUT2D eigenvalue weighted by Gasteiger charge is -2.19. The van der Waals surface area contributed by atoms with E-state index in [9.17, 15) is 9.59 Å². The molecule has 5 heteroatoms. The first-order chi connectivity index (χ1) is 9.15. The van der Waals surface area contributed by atoms with Crippen molar-refractivity contribution < 1.29 is 14.3 Å². The highest BCUT2D eigenvalue weighted by Gasteiger charge is 2.31. The van der Waals surface area contributed by atoms with Gasteiger partial charge in [-0.2, -0.15) is 0 Å². The van der Waals surface area contributed by atoms with Crippen molar-refractivity contribution in [3.8, 4) is 0 Å². The number of benzene rings is 1. The lowest BCUT2D eigenvalue weighted by atomic mass is 10.0. The van der Waals surface area contributed by atoms with Crippen molar-refractivity contribution in [2.24, 2.45) is 0 Å². The summed E-state index contributed by atoms with van der Waals surface area (Å²) < 4.78 is 4.98. The van der Waals surface area contributed by atoms with Crippen molar-refractivity contribution in [1.82, 2.24) is 10.2 Å². The second-order valence-corrected chi connectivity index (χ2v) is 4.39. The number of rotatable bonds is 5. The molecule has 0 amide bonds. The molecule has 100 valence electrons. The number of Topliss-reactive ketones (excluding diaryl/α,β-unsaturated/α-hetero) is 1. The van der Waals surface area contributed by atoms with Crippen molar-refractivity contribution >= 4 is 12.3 Å². The zero-order valence-electron chi connectivity index (χ0n) is 10.9. The molecule has 1 aliphatic heterocycles. The Hall–Kier alpha value is -2.30. The van der Waals surface area contributed by atoms with Gasteiger partial charge in [-0.1, -0.05) is 30.3 Å². The fourth-order valence-corrected chi connectivity index (χ4v) is 2.16. The molecular weight excluding hydrogens is 244 g/mol. The van der Waals surface area contributed by atoms with Gasteiger partial charge in [0, 0.05) is 18.3 Å². The van der Waals surface area contributed by atoms with Crippen LogP contribution in [0.15, 0.2) is 41.7 Å². The van der Waals surface area contributed by atoms with Crippen molar-refractivity contribution in [3.05, 3.63) is 47.3 Å². The van der Waals surface area contributed by atoms with Gasteiger partial charge in [0.05, 0.1) is 6.67 Å². The second kappa shape index (κ2) is 5.56. The molecule has 0 radical (unpaired) electrons. The summed E-state index contributed by atoms with van der Waals surface area (Å²) in [5, 5.41) is 3.09. The van der Waals surface area contributed by atoms with Crippen LogP contribution in [0.5, 0.6) is 0 Å². The summed E-state index contributed by atoms with van der Waals surface area (Å²) in [5.41, 5.74) is 2.01. The highest BCUT2D eigenvalue weighted by molar-refractivity contribution is 6.00. The fourth-order valence-electron chi connectivity index (χ4n) is 2.16. The van der Waals surface area contributed by atoms with Crippen LogP contribution in [-0.4, -0.2) is 30.9 Å². The molecular formula is C14H16N2O3. The van der Waals surface area contributed by atoms with E-state index in [-0.39, 0.29) is 5.78 Å². The monoisotopic (exact) mass is 260 g/mol. The van der Waals surface area contributed by atoms with Crippen LogP contribution < -0.4 is 5.32 Å². The molecule has 1 atom stereocenters. The van der Waals surface area contributed by atoms with Crippen LogP contribution in [0.4, 0.5) is 0 Å². The highest BCUT2D eigenvalue weighted by Crippen LogP contribution is 2.25. The van der Waals surface area contributed by atoms with Gasteiger partial charge in [-0.3, -0.25) is 9.59 Å². The van der Waals surface area contributed by atoms with E-state index in [1.807, 2.05) is 37.1 Å². The molecule has 1 aliphatic rings.